The van der Waals surface area contributed by atoms with Crippen LogP contribution in [0.15, 0.2) is 48.5 Å². The third kappa shape index (κ3) is 4.85. The molecule has 0 aliphatic rings. The summed E-state index contributed by atoms with van der Waals surface area (Å²) in [6.07, 6.45) is 0. The van der Waals surface area contributed by atoms with Gasteiger partial charge in [0.25, 0.3) is 11.8 Å². The fraction of sp³-hybridized carbons (Fsp3) is 0.174. The van der Waals surface area contributed by atoms with E-state index in [2.05, 4.69) is 4.98 Å². The molecule has 0 atom stereocenters. The van der Waals surface area contributed by atoms with Crippen LogP contribution in [0, 0.1) is 29.9 Å². The van der Waals surface area contributed by atoms with Gasteiger partial charge in [-0.05, 0) is 31.2 Å². The van der Waals surface area contributed by atoms with E-state index in [0.717, 1.165) is 0 Å². The number of benzene rings is 2. The van der Waals surface area contributed by atoms with Gasteiger partial charge in [-0.15, -0.1) is 0 Å². The average Bonchev–Trinajstić information content (AvgIpc) is 2.75. The highest BCUT2D eigenvalue weighted by atomic mass is 19.1. The summed E-state index contributed by atoms with van der Waals surface area (Å²) < 4.78 is 40.2. The Labute approximate surface area is 178 Å². The first-order chi connectivity index (χ1) is 14.7. The van der Waals surface area contributed by atoms with E-state index >= 15 is 0 Å². The van der Waals surface area contributed by atoms with Gasteiger partial charge in [0.2, 0.25) is 0 Å². The second-order valence-corrected chi connectivity index (χ2v) is 7.17. The molecule has 0 spiro atoms. The number of aromatic nitrogens is 1. The van der Waals surface area contributed by atoms with Gasteiger partial charge in [0.05, 0.1) is 0 Å². The van der Waals surface area contributed by atoms with E-state index in [9.17, 15) is 13.6 Å². The molecule has 31 heavy (non-hydrogen) atoms. The van der Waals surface area contributed by atoms with Crippen LogP contribution in [-0.2, 0) is 0 Å². The van der Waals surface area contributed by atoms with Gasteiger partial charge < -0.3 is 15.2 Å². The Morgan fingerprint density at radius 1 is 0.968 bits per heavy atom. The van der Waals surface area contributed by atoms with Crippen LogP contribution in [0.25, 0.3) is 0 Å². The highest BCUT2D eigenvalue weighted by Gasteiger charge is 2.21. The van der Waals surface area contributed by atoms with Gasteiger partial charge >= 0.3 is 0 Å². The lowest BCUT2D eigenvalue weighted by Gasteiger charge is -2.13. The Kier molecular flexibility index (Phi) is 6.29. The number of pyridine rings is 1. The van der Waals surface area contributed by atoms with Crippen LogP contribution in [-0.4, -0.2) is 16.6 Å². The van der Waals surface area contributed by atoms with Crippen LogP contribution in [0.4, 0.5) is 8.78 Å². The molecule has 0 aliphatic carbocycles. The summed E-state index contributed by atoms with van der Waals surface area (Å²) >= 11 is 0. The van der Waals surface area contributed by atoms with E-state index in [4.69, 9.17) is 20.6 Å². The van der Waals surface area contributed by atoms with Crippen molar-refractivity contribution in [2.75, 3.05) is 0 Å². The number of nitrogens with zero attached hydrogens (tertiary/aromatic N) is 1. The van der Waals surface area contributed by atoms with Crippen molar-refractivity contribution in [1.82, 2.24) is 4.98 Å². The van der Waals surface area contributed by atoms with Crippen molar-refractivity contribution < 1.29 is 23.0 Å². The lowest BCUT2D eigenvalue weighted by molar-refractivity contribution is 0.0939. The van der Waals surface area contributed by atoms with Crippen molar-refractivity contribution in [3.63, 3.8) is 0 Å². The number of ether oxygens (including phenoxy) is 2. The molecule has 0 radical (unpaired) electrons. The summed E-state index contributed by atoms with van der Waals surface area (Å²) in [5, 5.41) is 7.49. The van der Waals surface area contributed by atoms with Crippen molar-refractivity contribution >= 4 is 11.6 Å². The molecular formula is C23H21F2N3O3. The van der Waals surface area contributed by atoms with Crippen LogP contribution >= 0.6 is 0 Å². The first-order valence-corrected chi connectivity index (χ1v) is 9.47. The number of rotatable bonds is 7. The number of nitrogens with two attached hydrogens (primary N) is 1. The third-order valence-electron chi connectivity index (χ3n) is 4.45. The van der Waals surface area contributed by atoms with Gasteiger partial charge in [-0.25, -0.2) is 8.78 Å². The number of halogens is 2. The van der Waals surface area contributed by atoms with Gasteiger partial charge in [0, 0.05) is 22.6 Å². The van der Waals surface area contributed by atoms with E-state index in [1.807, 2.05) is 0 Å². The van der Waals surface area contributed by atoms with Gasteiger partial charge in [0.1, 0.15) is 17.3 Å². The molecule has 3 aromatic rings. The SMILES string of the molecule is Cc1c(F)c(Oc2cccc(C(=N)N)c2)nc(Oc2cccc(C(=O)C(C)C)c2)c1F. The molecule has 6 nitrogen and oxygen atoms in total. The van der Waals surface area contributed by atoms with E-state index in [1.165, 1.54) is 31.2 Å². The van der Waals surface area contributed by atoms with Crippen LogP contribution in [0.1, 0.15) is 35.3 Å². The minimum absolute atomic E-state index is 0.0939. The molecule has 0 saturated carbocycles. The zero-order chi connectivity index (χ0) is 22.7. The van der Waals surface area contributed by atoms with Crippen molar-refractivity contribution in [2.24, 2.45) is 11.7 Å². The largest absolute Gasteiger partial charge is 0.436 e. The molecule has 2 aromatic carbocycles. The quantitative estimate of drug-likeness (QED) is 0.301. The molecule has 1 heterocycles. The van der Waals surface area contributed by atoms with Crippen molar-refractivity contribution in [3.05, 3.63) is 76.9 Å². The zero-order valence-corrected chi connectivity index (χ0v) is 17.2. The van der Waals surface area contributed by atoms with E-state index < -0.39 is 23.4 Å². The summed E-state index contributed by atoms with van der Waals surface area (Å²) in [4.78, 5) is 16.1. The molecule has 8 heteroatoms. The fourth-order valence-corrected chi connectivity index (χ4v) is 2.74. The maximum atomic E-state index is 14.6. The highest BCUT2D eigenvalue weighted by molar-refractivity contribution is 5.97. The molecular weight excluding hydrogens is 404 g/mol. The number of hydrogen-bond acceptors (Lipinski definition) is 5. The normalized spacial score (nSPS) is 10.8. The number of nitrogens with one attached hydrogen (secondary N) is 1. The predicted molar refractivity (Wildman–Crippen MR) is 112 cm³/mol. The summed E-state index contributed by atoms with van der Waals surface area (Å²) in [5.41, 5.74) is 5.90. The van der Waals surface area contributed by atoms with Gasteiger partial charge in [0.15, 0.2) is 17.4 Å². The second-order valence-electron chi connectivity index (χ2n) is 7.17. The molecule has 0 bridgehead atoms. The van der Waals surface area contributed by atoms with Crippen LogP contribution in [0.2, 0.25) is 0 Å². The Bertz CT molecular complexity index is 1160. The molecule has 3 N–H and O–H groups in total. The van der Waals surface area contributed by atoms with Crippen molar-refractivity contribution in [2.45, 2.75) is 20.8 Å². The number of carbonyl (C=O) groups excluding carboxylic acids is 1. The molecule has 0 saturated heterocycles. The van der Waals surface area contributed by atoms with Crippen LogP contribution in [0.5, 0.6) is 23.3 Å². The van der Waals surface area contributed by atoms with E-state index in [-0.39, 0.29) is 34.6 Å². The summed E-state index contributed by atoms with van der Waals surface area (Å²) in [6, 6.07) is 12.4. The smallest absolute Gasteiger partial charge is 0.259 e. The topological polar surface area (TPSA) is 98.3 Å². The zero-order valence-electron chi connectivity index (χ0n) is 17.2. The molecule has 1 aromatic heterocycles. The predicted octanol–water partition coefficient (Wildman–Crippen LogP) is 5.38. The first kappa shape index (κ1) is 21.9. The standard InChI is InChI=1S/C23H21F2N3O3/c1-12(2)20(29)14-6-4-8-16(10-14)30-22-18(24)13(3)19(25)23(28-22)31-17-9-5-7-15(11-17)21(26)27/h4-12H,1-3H3,(H3,26,27). The van der Waals surface area contributed by atoms with Crippen LogP contribution < -0.4 is 15.2 Å². The number of amidine groups is 1. The Morgan fingerprint density at radius 3 is 1.94 bits per heavy atom. The molecule has 0 amide bonds. The maximum absolute atomic E-state index is 14.6. The molecule has 0 unspecified atom stereocenters. The minimum atomic E-state index is -0.984. The maximum Gasteiger partial charge on any atom is 0.259 e. The van der Waals surface area contributed by atoms with E-state index in [1.54, 1.807) is 38.1 Å². The number of ketones is 1. The Morgan fingerprint density at radius 2 is 1.45 bits per heavy atom. The van der Waals surface area contributed by atoms with Gasteiger partial charge in [-0.1, -0.05) is 38.1 Å². The number of nitrogen functional groups attached to an aromatic ring is 1. The fourth-order valence-electron chi connectivity index (χ4n) is 2.74. The lowest BCUT2D eigenvalue weighted by Crippen LogP contribution is -2.10. The third-order valence-corrected chi connectivity index (χ3v) is 4.45. The minimum Gasteiger partial charge on any atom is -0.436 e. The van der Waals surface area contributed by atoms with Crippen LogP contribution in [0.3, 0.4) is 0 Å². The Balaban J connectivity index is 1.95. The Hall–Kier alpha value is -3.81. The number of Topliss-reactive ketones (excluding diaryl/α,β-unsaturated/α-hetero) is 1. The first-order valence-electron chi connectivity index (χ1n) is 9.47. The summed E-state index contributed by atoms with van der Waals surface area (Å²) in [5.74, 6) is -3.12. The molecule has 3 rings (SSSR count). The lowest BCUT2D eigenvalue weighted by atomic mass is 10.0. The van der Waals surface area contributed by atoms with Gasteiger partial charge in [-0.3, -0.25) is 10.2 Å². The van der Waals surface area contributed by atoms with Crippen molar-refractivity contribution in [3.8, 4) is 23.3 Å². The molecule has 0 aliphatic heterocycles. The average molecular weight is 425 g/mol. The van der Waals surface area contributed by atoms with Crippen molar-refractivity contribution in [1.29, 1.82) is 5.41 Å². The summed E-state index contributed by atoms with van der Waals surface area (Å²) in [7, 11) is 0. The molecule has 160 valence electrons. The van der Waals surface area contributed by atoms with E-state index in [0.29, 0.717) is 11.1 Å². The monoisotopic (exact) mass is 425 g/mol. The summed E-state index contributed by atoms with van der Waals surface area (Å²) in [6.45, 7) is 4.77. The number of hydrogen-bond donors (Lipinski definition) is 2. The second kappa shape index (κ2) is 8.91. The molecule has 0 fully saturated rings. The highest BCUT2D eigenvalue weighted by Crippen LogP contribution is 2.33. The van der Waals surface area contributed by atoms with Gasteiger partial charge in [-0.2, -0.15) is 4.98 Å². The number of carbonyl (C=O) groups is 1.